The summed E-state index contributed by atoms with van der Waals surface area (Å²) in [6.45, 7) is 0.438. The molecule has 0 radical (unpaired) electrons. The van der Waals surface area contributed by atoms with Crippen LogP contribution in [0, 0.1) is 11.6 Å². The summed E-state index contributed by atoms with van der Waals surface area (Å²) < 4.78 is 29.3. The summed E-state index contributed by atoms with van der Waals surface area (Å²) in [5.74, 6) is -2.01. The van der Waals surface area contributed by atoms with Crippen LogP contribution < -0.4 is 5.32 Å². The first-order valence-electron chi connectivity index (χ1n) is 10.2. The molecule has 3 aromatic rings. The molecule has 2 heterocycles. The number of imidazole rings is 1. The minimum atomic E-state index is -0.981. The Kier molecular flexibility index (Phi) is 5.32. The van der Waals surface area contributed by atoms with Crippen molar-refractivity contribution in [2.24, 2.45) is 0 Å². The Morgan fingerprint density at radius 1 is 0.879 bits per heavy atom. The van der Waals surface area contributed by atoms with Gasteiger partial charge in [0, 0.05) is 11.3 Å². The van der Waals surface area contributed by atoms with Gasteiger partial charge in [0.2, 0.25) is 0 Å². The third-order valence-electron chi connectivity index (χ3n) is 5.10. The Labute approximate surface area is 187 Å². The number of amides is 1. The SMILES string of the molecule is O=C(Nc1ccccc1)c1ccc(Cn2cc3nc(-c4cccc(F)c4F)nc-3cn2)cc1. The van der Waals surface area contributed by atoms with E-state index < -0.39 is 11.6 Å². The van der Waals surface area contributed by atoms with Gasteiger partial charge >= 0.3 is 0 Å². The summed E-state index contributed by atoms with van der Waals surface area (Å²) in [5, 5.41) is 7.18. The van der Waals surface area contributed by atoms with E-state index in [1.54, 1.807) is 23.0 Å². The van der Waals surface area contributed by atoms with Crippen LogP contribution in [0.15, 0.2) is 85.2 Å². The highest BCUT2D eigenvalue weighted by Gasteiger charge is 2.18. The van der Waals surface area contributed by atoms with Gasteiger partial charge in [0.15, 0.2) is 17.5 Å². The van der Waals surface area contributed by atoms with Gasteiger partial charge in [0.25, 0.3) is 5.91 Å². The number of aromatic nitrogens is 4. The van der Waals surface area contributed by atoms with Gasteiger partial charge in [-0.15, -0.1) is 0 Å². The first-order valence-corrected chi connectivity index (χ1v) is 10.2. The lowest BCUT2D eigenvalue weighted by Crippen LogP contribution is -2.12. The summed E-state index contributed by atoms with van der Waals surface area (Å²) in [4.78, 5) is 21.0. The minimum absolute atomic E-state index is 0.00196. The summed E-state index contributed by atoms with van der Waals surface area (Å²) in [6.07, 6.45) is 3.23. The van der Waals surface area contributed by atoms with Crippen LogP contribution in [-0.4, -0.2) is 25.7 Å². The number of nitrogens with one attached hydrogen (secondary N) is 1. The maximum Gasteiger partial charge on any atom is 0.255 e. The van der Waals surface area contributed by atoms with E-state index in [4.69, 9.17) is 0 Å². The molecule has 0 unspecified atom stereocenters. The van der Waals surface area contributed by atoms with Gasteiger partial charge < -0.3 is 5.32 Å². The number of carbonyl (C=O) groups excluding carboxylic acids is 1. The standard InChI is InChI=1S/C25H17F2N5O/c26-20-8-4-7-19(23(20)27)24-30-21-13-28-32(15-22(21)31-24)14-16-9-11-17(12-10-16)25(33)29-18-5-2-1-3-6-18/h1-13,15H,14H2,(H,29,33). The Morgan fingerprint density at radius 3 is 2.42 bits per heavy atom. The van der Waals surface area contributed by atoms with E-state index in [9.17, 15) is 13.6 Å². The molecule has 0 fully saturated rings. The predicted molar refractivity (Wildman–Crippen MR) is 120 cm³/mol. The van der Waals surface area contributed by atoms with Crippen molar-refractivity contribution >= 4 is 11.6 Å². The van der Waals surface area contributed by atoms with Crippen LogP contribution in [0.4, 0.5) is 14.5 Å². The number of anilines is 1. The molecule has 0 aromatic heterocycles. The third kappa shape index (κ3) is 4.31. The van der Waals surface area contributed by atoms with Crippen LogP contribution in [-0.2, 0) is 6.54 Å². The maximum absolute atomic E-state index is 14.1. The van der Waals surface area contributed by atoms with Crippen LogP contribution in [0.5, 0.6) is 0 Å². The van der Waals surface area contributed by atoms with Crippen molar-refractivity contribution in [3.63, 3.8) is 0 Å². The van der Waals surface area contributed by atoms with Crippen LogP contribution in [0.2, 0.25) is 0 Å². The molecular weight excluding hydrogens is 424 g/mol. The molecule has 0 atom stereocenters. The van der Waals surface area contributed by atoms with Crippen molar-refractivity contribution < 1.29 is 13.6 Å². The molecule has 0 aliphatic carbocycles. The van der Waals surface area contributed by atoms with Crippen molar-refractivity contribution in [3.05, 3.63) is 108 Å². The Bertz CT molecular complexity index is 1400. The zero-order valence-corrected chi connectivity index (χ0v) is 17.2. The molecule has 3 aromatic carbocycles. The largest absolute Gasteiger partial charge is 0.322 e. The quantitative estimate of drug-likeness (QED) is 0.416. The maximum atomic E-state index is 14.1. The second-order valence-electron chi connectivity index (χ2n) is 7.41. The average molecular weight is 441 g/mol. The second kappa shape index (κ2) is 8.58. The molecule has 1 amide bonds. The van der Waals surface area contributed by atoms with Crippen molar-refractivity contribution in [2.45, 2.75) is 6.54 Å². The highest BCUT2D eigenvalue weighted by atomic mass is 19.2. The highest BCUT2D eigenvalue weighted by Crippen LogP contribution is 2.27. The van der Waals surface area contributed by atoms with E-state index in [-0.39, 0.29) is 17.3 Å². The minimum Gasteiger partial charge on any atom is -0.322 e. The van der Waals surface area contributed by atoms with Crippen molar-refractivity contribution in [3.8, 4) is 22.8 Å². The molecule has 33 heavy (non-hydrogen) atoms. The van der Waals surface area contributed by atoms with Crippen LogP contribution in [0.3, 0.4) is 0 Å². The molecule has 0 bridgehead atoms. The summed E-state index contributed by atoms with van der Waals surface area (Å²) >= 11 is 0. The number of carbonyl (C=O) groups is 1. The van der Waals surface area contributed by atoms with E-state index in [0.29, 0.717) is 23.5 Å². The lowest BCUT2D eigenvalue weighted by molar-refractivity contribution is 0.102. The van der Waals surface area contributed by atoms with Crippen LogP contribution >= 0.6 is 0 Å². The summed E-state index contributed by atoms with van der Waals surface area (Å²) in [5.41, 5.74) is 3.20. The lowest BCUT2D eigenvalue weighted by atomic mass is 10.1. The Balaban J connectivity index is 1.32. The number of hydrogen-bond donors (Lipinski definition) is 1. The number of nitrogens with zero attached hydrogens (tertiary/aromatic N) is 4. The Morgan fingerprint density at radius 2 is 1.64 bits per heavy atom. The molecule has 2 aliphatic heterocycles. The molecule has 0 saturated heterocycles. The molecule has 162 valence electrons. The normalized spacial score (nSPS) is 11.0. The first kappa shape index (κ1) is 20.4. The molecule has 0 spiro atoms. The van der Waals surface area contributed by atoms with Crippen molar-refractivity contribution in [1.29, 1.82) is 0 Å². The molecule has 5 rings (SSSR count). The van der Waals surface area contributed by atoms with Gasteiger partial charge in [0.1, 0.15) is 11.4 Å². The van der Waals surface area contributed by atoms with Crippen LogP contribution in [0.1, 0.15) is 15.9 Å². The van der Waals surface area contributed by atoms with Gasteiger partial charge in [-0.25, -0.2) is 18.7 Å². The molecule has 8 heteroatoms. The molecular formula is C25H17F2N5O. The van der Waals surface area contributed by atoms with Gasteiger partial charge in [0.05, 0.1) is 24.5 Å². The number of halogens is 2. The highest BCUT2D eigenvalue weighted by molar-refractivity contribution is 6.04. The van der Waals surface area contributed by atoms with Gasteiger partial charge in [-0.05, 0) is 42.0 Å². The van der Waals surface area contributed by atoms with Gasteiger partial charge in [-0.1, -0.05) is 36.4 Å². The zero-order chi connectivity index (χ0) is 22.8. The molecule has 6 nitrogen and oxygen atoms in total. The Hall–Kier alpha value is -4.46. The van der Waals surface area contributed by atoms with E-state index in [1.165, 1.54) is 18.3 Å². The van der Waals surface area contributed by atoms with Crippen molar-refractivity contribution in [2.75, 3.05) is 5.32 Å². The fourth-order valence-corrected chi connectivity index (χ4v) is 3.42. The molecule has 1 N–H and O–H groups in total. The summed E-state index contributed by atoms with van der Waals surface area (Å²) in [6, 6.07) is 20.3. The van der Waals surface area contributed by atoms with E-state index >= 15 is 0 Å². The number of hydrogen-bond acceptors (Lipinski definition) is 4. The smallest absolute Gasteiger partial charge is 0.255 e. The van der Waals surface area contributed by atoms with Gasteiger partial charge in [-0.2, -0.15) is 5.10 Å². The fourth-order valence-electron chi connectivity index (χ4n) is 3.42. The number of fused-ring (bicyclic) bond motifs is 1. The predicted octanol–water partition coefficient (Wildman–Crippen LogP) is 5.02. The van der Waals surface area contributed by atoms with E-state index in [1.807, 2.05) is 42.5 Å². The zero-order valence-electron chi connectivity index (χ0n) is 17.2. The summed E-state index contributed by atoms with van der Waals surface area (Å²) in [7, 11) is 0. The topological polar surface area (TPSA) is 72.7 Å². The monoisotopic (exact) mass is 441 g/mol. The van der Waals surface area contributed by atoms with Gasteiger partial charge in [-0.3, -0.25) is 9.48 Å². The first-order chi connectivity index (χ1) is 16.1. The second-order valence-corrected chi connectivity index (χ2v) is 7.41. The molecule has 2 aliphatic rings. The van der Waals surface area contributed by atoms with E-state index in [2.05, 4.69) is 20.4 Å². The van der Waals surface area contributed by atoms with Crippen LogP contribution in [0.25, 0.3) is 22.8 Å². The number of para-hydroxylation sites is 1. The van der Waals surface area contributed by atoms with Crippen molar-refractivity contribution in [1.82, 2.24) is 19.7 Å². The number of benzene rings is 3. The average Bonchev–Trinajstić information content (AvgIpc) is 3.25. The fraction of sp³-hybridized carbons (Fsp3) is 0.0400. The lowest BCUT2D eigenvalue weighted by Gasteiger charge is -2.08. The molecule has 0 saturated carbocycles. The third-order valence-corrected chi connectivity index (χ3v) is 5.10. The number of rotatable bonds is 5. The van der Waals surface area contributed by atoms with E-state index in [0.717, 1.165) is 17.3 Å².